The minimum atomic E-state index is -0.429. The molecule has 0 amide bonds. The Bertz CT molecular complexity index is 689. The first-order valence-electron chi connectivity index (χ1n) is 7.05. The van der Waals surface area contributed by atoms with Gasteiger partial charge in [-0.05, 0) is 54.2 Å². The number of benzene rings is 1. The molecule has 21 heavy (non-hydrogen) atoms. The number of halogens is 1. The molecule has 1 aliphatic carbocycles. The molecule has 0 bridgehead atoms. The van der Waals surface area contributed by atoms with Crippen LogP contribution < -0.4 is 0 Å². The first-order chi connectivity index (χ1) is 10.1. The van der Waals surface area contributed by atoms with E-state index in [2.05, 4.69) is 20.9 Å². The molecule has 4 nitrogen and oxygen atoms in total. The first-order valence-corrected chi connectivity index (χ1v) is 7.84. The van der Waals surface area contributed by atoms with E-state index in [0.29, 0.717) is 18.4 Å². The normalized spacial score (nSPS) is 14.2. The van der Waals surface area contributed by atoms with Gasteiger partial charge in [0.2, 0.25) is 11.7 Å². The van der Waals surface area contributed by atoms with Gasteiger partial charge in [0.05, 0.1) is 17.9 Å². The summed E-state index contributed by atoms with van der Waals surface area (Å²) < 4.78 is 11.7. The maximum absolute atomic E-state index is 12.0. The molecule has 0 spiro atoms. The largest absolute Gasteiger partial charge is 0.460 e. The third-order valence-corrected chi connectivity index (χ3v) is 4.55. The molecule has 0 atom stereocenters. The fourth-order valence-electron chi connectivity index (χ4n) is 2.24. The zero-order valence-electron chi connectivity index (χ0n) is 12.0. The van der Waals surface area contributed by atoms with Gasteiger partial charge in [-0.3, -0.25) is 0 Å². The van der Waals surface area contributed by atoms with Gasteiger partial charge in [-0.25, -0.2) is 9.78 Å². The molecule has 0 radical (unpaired) electrons. The van der Waals surface area contributed by atoms with Crippen molar-refractivity contribution in [1.29, 1.82) is 0 Å². The Balaban J connectivity index is 2.06. The van der Waals surface area contributed by atoms with Crippen LogP contribution in [0.25, 0.3) is 11.5 Å². The van der Waals surface area contributed by atoms with E-state index in [1.54, 1.807) is 6.92 Å². The predicted octanol–water partition coefficient (Wildman–Crippen LogP) is 4.47. The number of aryl methyl sites for hydroxylation is 1. The molecular formula is C16H16BrNO3. The zero-order valence-corrected chi connectivity index (χ0v) is 13.6. The maximum Gasteiger partial charge on any atom is 0.376 e. The van der Waals surface area contributed by atoms with Gasteiger partial charge in [0.1, 0.15) is 0 Å². The molecule has 0 N–H and O–H groups in total. The average Bonchev–Trinajstić information content (AvgIpc) is 3.21. The summed E-state index contributed by atoms with van der Waals surface area (Å²) in [6, 6.07) is 5.87. The van der Waals surface area contributed by atoms with Gasteiger partial charge in [0.15, 0.2) is 0 Å². The summed E-state index contributed by atoms with van der Waals surface area (Å²) in [7, 11) is 0. The summed E-state index contributed by atoms with van der Waals surface area (Å²) in [5.74, 6) is 0.616. The van der Waals surface area contributed by atoms with Crippen LogP contribution in [0.1, 0.15) is 47.5 Å². The van der Waals surface area contributed by atoms with Gasteiger partial charge in [0, 0.05) is 10.4 Å². The van der Waals surface area contributed by atoms with Crippen LogP contribution in [0, 0.1) is 6.92 Å². The van der Waals surface area contributed by atoms with Crippen molar-refractivity contribution in [3.8, 4) is 11.5 Å². The first kappa shape index (κ1) is 14.3. The zero-order chi connectivity index (χ0) is 15.0. The van der Waals surface area contributed by atoms with E-state index in [9.17, 15) is 4.79 Å². The van der Waals surface area contributed by atoms with E-state index in [-0.39, 0.29) is 5.76 Å². The molecule has 1 aromatic heterocycles. The van der Waals surface area contributed by atoms with Gasteiger partial charge in [0.25, 0.3) is 0 Å². The quantitative estimate of drug-likeness (QED) is 0.764. The highest BCUT2D eigenvalue weighted by Gasteiger charge is 2.34. The second-order valence-corrected chi connectivity index (χ2v) is 5.96. The number of ether oxygens (including phenoxy) is 1. The fourth-order valence-corrected chi connectivity index (χ4v) is 2.67. The van der Waals surface area contributed by atoms with Crippen molar-refractivity contribution in [2.75, 3.05) is 6.61 Å². The molecular weight excluding hydrogens is 334 g/mol. The SMILES string of the molecule is CCOC(=O)c1oc(-c2cccc(C)c2Br)nc1C1CC1. The van der Waals surface area contributed by atoms with Crippen LogP contribution in [0.3, 0.4) is 0 Å². The summed E-state index contributed by atoms with van der Waals surface area (Å²) in [6.07, 6.45) is 2.10. The molecule has 0 unspecified atom stereocenters. The number of nitrogens with zero attached hydrogens (tertiary/aromatic N) is 1. The minimum absolute atomic E-state index is 0.253. The third-order valence-electron chi connectivity index (χ3n) is 3.50. The van der Waals surface area contributed by atoms with Gasteiger partial charge in [-0.2, -0.15) is 0 Å². The number of carbonyl (C=O) groups excluding carboxylic acids is 1. The molecule has 1 aliphatic rings. The Morgan fingerprint density at radius 3 is 2.90 bits per heavy atom. The topological polar surface area (TPSA) is 52.3 Å². The third kappa shape index (κ3) is 2.75. The highest BCUT2D eigenvalue weighted by molar-refractivity contribution is 9.10. The molecule has 1 fully saturated rings. The Morgan fingerprint density at radius 2 is 2.24 bits per heavy atom. The van der Waals surface area contributed by atoms with E-state index >= 15 is 0 Å². The number of rotatable bonds is 4. The van der Waals surface area contributed by atoms with Crippen LogP contribution in [0.15, 0.2) is 27.1 Å². The van der Waals surface area contributed by atoms with Gasteiger partial charge < -0.3 is 9.15 Å². The van der Waals surface area contributed by atoms with Gasteiger partial charge in [-0.15, -0.1) is 0 Å². The van der Waals surface area contributed by atoms with Crippen molar-refractivity contribution in [2.24, 2.45) is 0 Å². The summed E-state index contributed by atoms with van der Waals surface area (Å²) in [4.78, 5) is 16.6. The van der Waals surface area contributed by atoms with Crippen molar-refractivity contribution in [3.05, 3.63) is 39.7 Å². The van der Waals surface area contributed by atoms with E-state index < -0.39 is 5.97 Å². The predicted molar refractivity (Wildman–Crippen MR) is 82.3 cm³/mol. The van der Waals surface area contributed by atoms with Crippen LogP contribution in [-0.4, -0.2) is 17.6 Å². The number of oxazole rings is 1. The minimum Gasteiger partial charge on any atom is -0.460 e. The average molecular weight is 350 g/mol. The maximum atomic E-state index is 12.0. The van der Waals surface area contributed by atoms with Crippen molar-refractivity contribution < 1.29 is 13.9 Å². The number of hydrogen-bond donors (Lipinski definition) is 0. The molecule has 1 aromatic carbocycles. The Kier molecular flexibility index (Phi) is 3.85. The molecule has 3 rings (SSSR count). The second-order valence-electron chi connectivity index (χ2n) is 5.16. The lowest BCUT2D eigenvalue weighted by Gasteiger charge is -2.02. The van der Waals surface area contributed by atoms with Crippen molar-refractivity contribution >= 4 is 21.9 Å². The summed E-state index contributed by atoms with van der Waals surface area (Å²) in [6.45, 7) is 4.11. The molecule has 1 saturated carbocycles. The molecule has 5 heteroatoms. The van der Waals surface area contributed by atoms with Gasteiger partial charge >= 0.3 is 5.97 Å². The number of aromatic nitrogens is 1. The standard InChI is InChI=1S/C16H16BrNO3/c1-3-20-16(19)14-13(10-7-8-10)18-15(21-14)11-6-4-5-9(2)12(11)17/h4-6,10H,3,7-8H2,1-2H3. The van der Waals surface area contributed by atoms with Crippen LogP contribution in [0.4, 0.5) is 0 Å². The number of carbonyl (C=O) groups is 1. The second kappa shape index (κ2) is 5.64. The Morgan fingerprint density at radius 1 is 1.48 bits per heavy atom. The summed E-state index contributed by atoms with van der Waals surface area (Å²) in [5.41, 5.74) is 2.68. The highest BCUT2D eigenvalue weighted by atomic mass is 79.9. The van der Waals surface area contributed by atoms with Crippen LogP contribution in [-0.2, 0) is 4.74 Å². The molecule has 0 aliphatic heterocycles. The Labute approximate surface area is 131 Å². The van der Waals surface area contributed by atoms with E-state index in [0.717, 1.165) is 34.1 Å². The lowest BCUT2D eigenvalue weighted by Crippen LogP contribution is -2.05. The summed E-state index contributed by atoms with van der Waals surface area (Å²) >= 11 is 3.55. The van der Waals surface area contributed by atoms with E-state index in [4.69, 9.17) is 9.15 Å². The number of hydrogen-bond acceptors (Lipinski definition) is 4. The van der Waals surface area contributed by atoms with Crippen LogP contribution in [0.2, 0.25) is 0 Å². The molecule has 1 heterocycles. The lowest BCUT2D eigenvalue weighted by atomic mass is 10.1. The van der Waals surface area contributed by atoms with Crippen LogP contribution in [0.5, 0.6) is 0 Å². The van der Waals surface area contributed by atoms with Crippen LogP contribution >= 0.6 is 15.9 Å². The van der Waals surface area contributed by atoms with E-state index in [1.165, 1.54) is 0 Å². The monoisotopic (exact) mass is 349 g/mol. The molecule has 0 saturated heterocycles. The smallest absolute Gasteiger partial charge is 0.376 e. The van der Waals surface area contributed by atoms with Gasteiger partial charge in [-0.1, -0.05) is 12.1 Å². The van der Waals surface area contributed by atoms with Crippen molar-refractivity contribution in [2.45, 2.75) is 32.6 Å². The summed E-state index contributed by atoms with van der Waals surface area (Å²) in [5, 5.41) is 0. The van der Waals surface area contributed by atoms with Crippen molar-refractivity contribution in [3.63, 3.8) is 0 Å². The molecule has 110 valence electrons. The number of esters is 1. The van der Waals surface area contributed by atoms with Crippen molar-refractivity contribution in [1.82, 2.24) is 4.98 Å². The van der Waals surface area contributed by atoms with E-state index in [1.807, 2.05) is 25.1 Å². The fraction of sp³-hybridized carbons (Fsp3) is 0.375. The lowest BCUT2D eigenvalue weighted by molar-refractivity contribution is 0.0489. The molecule has 2 aromatic rings. The highest BCUT2D eigenvalue weighted by Crippen LogP contribution is 2.43. The Hall–Kier alpha value is -1.62.